The van der Waals surface area contributed by atoms with Gasteiger partial charge in [0.15, 0.2) is 0 Å². The third kappa shape index (κ3) is 2.29. The molecular weight excluding hydrogens is 164 g/mol. The molecule has 2 nitrogen and oxygen atoms in total. The lowest BCUT2D eigenvalue weighted by atomic mass is 10.3. The van der Waals surface area contributed by atoms with Crippen molar-refractivity contribution in [2.45, 2.75) is 0 Å². The van der Waals surface area contributed by atoms with Gasteiger partial charge >= 0.3 is 0 Å². The van der Waals surface area contributed by atoms with Crippen LogP contribution in [0.2, 0.25) is 0 Å². The SMILES string of the molecule is OCC#Cc1cc(F)nc(F)c1. The number of aliphatic hydroxyl groups is 1. The summed E-state index contributed by atoms with van der Waals surface area (Å²) in [5.74, 6) is 2.78. The molecule has 0 radical (unpaired) electrons. The fraction of sp³-hybridized carbons (Fsp3) is 0.125. The van der Waals surface area contributed by atoms with Crippen molar-refractivity contribution in [1.82, 2.24) is 4.98 Å². The van der Waals surface area contributed by atoms with Gasteiger partial charge in [-0.05, 0) is 0 Å². The zero-order chi connectivity index (χ0) is 8.97. The summed E-state index contributed by atoms with van der Waals surface area (Å²) in [6.45, 7) is -0.342. The van der Waals surface area contributed by atoms with Crippen molar-refractivity contribution in [2.24, 2.45) is 0 Å². The first kappa shape index (κ1) is 8.62. The van der Waals surface area contributed by atoms with E-state index in [9.17, 15) is 8.78 Å². The summed E-state index contributed by atoms with van der Waals surface area (Å²) in [5, 5.41) is 8.29. The minimum atomic E-state index is -0.919. The molecule has 0 saturated heterocycles. The Morgan fingerprint density at radius 3 is 2.42 bits per heavy atom. The Balaban J connectivity index is 3.01. The minimum Gasteiger partial charge on any atom is -0.384 e. The summed E-state index contributed by atoms with van der Waals surface area (Å²) in [4.78, 5) is 2.88. The highest BCUT2D eigenvalue weighted by molar-refractivity contribution is 5.32. The Hall–Kier alpha value is -1.47. The second-order valence-electron chi connectivity index (χ2n) is 1.96. The van der Waals surface area contributed by atoms with E-state index in [0.29, 0.717) is 0 Å². The zero-order valence-corrected chi connectivity index (χ0v) is 6.01. The lowest BCUT2D eigenvalue weighted by Gasteiger charge is -1.90. The maximum atomic E-state index is 12.4. The van der Waals surface area contributed by atoms with Crippen LogP contribution in [0.3, 0.4) is 0 Å². The number of nitrogens with zero attached hydrogens (tertiary/aromatic N) is 1. The molecule has 4 heteroatoms. The van der Waals surface area contributed by atoms with E-state index in [0.717, 1.165) is 12.1 Å². The number of hydrogen-bond acceptors (Lipinski definition) is 2. The molecule has 12 heavy (non-hydrogen) atoms. The maximum Gasteiger partial charge on any atom is 0.216 e. The predicted octanol–water partition coefficient (Wildman–Crippen LogP) is 0.704. The summed E-state index contributed by atoms with van der Waals surface area (Å²) in [6, 6.07) is 1.98. The lowest BCUT2D eigenvalue weighted by Crippen LogP contribution is -1.89. The molecule has 62 valence electrons. The zero-order valence-electron chi connectivity index (χ0n) is 6.01. The Morgan fingerprint density at radius 2 is 1.92 bits per heavy atom. The van der Waals surface area contributed by atoms with Gasteiger partial charge in [-0.2, -0.15) is 13.8 Å². The number of halogens is 2. The van der Waals surface area contributed by atoms with Gasteiger partial charge in [0.1, 0.15) is 6.61 Å². The minimum absolute atomic E-state index is 0.161. The van der Waals surface area contributed by atoms with Crippen LogP contribution in [-0.2, 0) is 0 Å². The predicted molar refractivity (Wildman–Crippen MR) is 38.1 cm³/mol. The summed E-state index contributed by atoms with van der Waals surface area (Å²) >= 11 is 0. The van der Waals surface area contributed by atoms with Crippen LogP contribution in [0.4, 0.5) is 8.78 Å². The van der Waals surface area contributed by atoms with Crippen LogP contribution in [0.25, 0.3) is 0 Å². The molecule has 0 aromatic carbocycles. The normalized spacial score (nSPS) is 8.92. The summed E-state index contributed by atoms with van der Waals surface area (Å²) in [5.41, 5.74) is 0.161. The van der Waals surface area contributed by atoms with Gasteiger partial charge in [-0.15, -0.1) is 0 Å². The van der Waals surface area contributed by atoms with E-state index in [-0.39, 0.29) is 12.2 Å². The molecule has 1 heterocycles. The van der Waals surface area contributed by atoms with E-state index < -0.39 is 11.9 Å². The molecule has 0 fully saturated rings. The van der Waals surface area contributed by atoms with Crippen molar-refractivity contribution in [2.75, 3.05) is 6.61 Å². The van der Waals surface area contributed by atoms with Gasteiger partial charge < -0.3 is 5.11 Å². The van der Waals surface area contributed by atoms with Crippen molar-refractivity contribution in [3.8, 4) is 11.8 Å². The average molecular weight is 169 g/mol. The summed E-state index contributed by atoms with van der Waals surface area (Å²) in [7, 11) is 0. The molecule has 0 amide bonds. The molecule has 0 atom stereocenters. The standard InChI is InChI=1S/C8H5F2NO/c9-7-4-6(2-1-3-12)5-8(10)11-7/h4-5,12H,3H2. The topological polar surface area (TPSA) is 33.1 Å². The highest BCUT2D eigenvalue weighted by atomic mass is 19.1. The highest BCUT2D eigenvalue weighted by Gasteiger charge is 1.98. The second-order valence-corrected chi connectivity index (χ2v) is 1.96. The van der Waals surface area contributed by atoms with E-state index in [4.69, 9.17) is 5.11 Å². The first-order valence-corrected chi connectivity index (χ1v) is 3.15. The van der Waals surface area contributed by atoms with Crippen LogP contribution in [0.15, 0.2) is 12.1 Å². The number of hydrogen-bond donors (Lipinski definition) is 1. The second kappa shape index (κ2) is 3.79. The molecular formula is C8H5F2NO. The van der Waals surface area contributed by atoms with Crippen molar-refractivity contribution in [1.29, 1.82) is 0 Å². The van der Waals surface area contributed by atoms with E-state index in [1.54, 1.807) is 0 Å². The molecule has 1 aromatic heterocycles. The maximum absolute atomic E-state index is 12.4. The first-order chi connectivity index (χ1) is 5.72. The fourth-order valence-corrected chi connectivity index (χ4v) is 0.679. The average Bonchev–Trinajstić information content (AvgIpc) is 1.99. The monoisotopic (exact) mass is 169 g/mol. The van der Waals surface area contributed by atoms with E-state index in [1.165, 1.54) is 0 Å². The molecule has 0 bridgehead atoms. The van der Waals surface area contributed by atoms with Gasteiger partial charge in [-0.25, -0.2) is 0 Å². The molecule has 0 saturated carbocycles. The Kier molecular flexibility index (Phi) is 2.72. The Bertz CT molecular complexity index is 320. The van der Waals surface area contributed by atoms with Crippen molar-refractivity contribution in [3.63, 3.8) is 0 Å². The summed E-state index contributed by atoms with van der Waals surface area (Å²) < 4.78 is 24.7. The van der Waals surface area contributed by atoms with Gasteiger partial charge in [0.05, 0.1) is 0 Å². The van der Waals surface area contributed by atoms with Crippen molar-refractivity contribution < 1.29 is 13.9 Å². The smallest absolute Gasteiger partial charge is 0.216 e. The van der Waals surface area contributed by atoms with Crippen LogP contribution < -0.4 is 0 Å². The van der Waals surface area contributed by atoms with Crippen LogP contribution in [-0.4, -0.2) is 16.7 Å². The molecule has 0 aliphatic rings. The molecule has 1 rings (SSSR count). The third-order valence-electron chi connectivity index (χ3n) is 1.07. The van der Waals surface area contributed by atoms with Crippen LogP contribution in [0.5, 0.6) is 0 Å². The van der Waals surface area contributed by atoms with Crippen molar-refractivity contribution in [3.05, 3.63) is 29.6 Å². The lowest BCUT2D eigenvalue weighted by molar-refractivity contribution is 0.350. The van der Waals surface area contributed by atoms with Gasteiger partial charge in [0, 0.05) is 17.7 Å². The molecule has 0 spiro atoms. The number of pyridine rings is 1. The van der Waals surface area contributed by atoms with E-state index in [2.05, 4.69) is 16.8 Å². The summed E-state index contributed by atoms with van der Waals surface area (Å²) in [6.07, 6.45) is 0. The van der Waals surface area contributed by atoms with Gasteiger partial charge in [0.2, 0.25) is 11.9 Å². The third-order valence-corrected chi connectivity index (χ3v) is 1.07. The quantitative estimate of drug-likeness (QED) is 0.458. The van der Waals surface area contributed by atoms with Crippen LogP contribution in [0, 0.1) is 23.7 Å². The van der Waals surface area contributed by atoms with Gasteiger partial charge in [0.25, 0.3) is 0 Å². The highest BCUT2D eigenvalue weighted by Crippen LogP contribution is 2.01. The van der Waals surface area contributed by atoms with Crippen molar-refractivity contribution >= 4 is 0 Å². The van der Waals surface area contributed by atoms with E-state index in [1.807, 2.05) is 0 Å². The first-order valence-electron chi connectivity index (χ1n) is 3.15. The number of aliphatic hydroxyl groups excluding tert-OH is 1. The molecule has 0 aliphatic heterocycles. The number of aromatic nitrogens is 1. The molecule has 0 aliphatic carbocycles. The van der Waals surface area contributed by atoms with Gasteiger partial charge in [-0.3, -0.25) is 0 Å². The largest absolute Gasteiger partial charge is 0.384 e. The Morgan fingerprint density at radius 1 is 1.33 bits per heavy atom. The molecule has 1 N–H and O–H groups in total. The van der Waals surface area contributed by atoms with Crippen LogP contribution in [0.1, 0.15) is 5.56 Å². The molecule has 0 unspecified atom stereocenters. The molecule has 1 aromatic rings. The Labute approximate surface area is 67.9 Å². The van der Waals surface area contributed by atoms with Crippen LogP contribution >= 0.6 is 0 Å². The fourth-order valence-electron chi connectivity index (χ4n) is 0.679. The van der Waals surface area contributed by atoms with E-state index >= 15 is 0 Å². The number of rotatable bonds is 0. The van der Waals surface area contributed by atoms with Gasteiger partial charge in [-0.1, -0.05) is 11.8 Å².